The molecule has 4 nitrogen and oxygen atoms in total. The summed E-state index contributed by atoms with van der Waals surface area (Å²) < 4.78 is 103. The van der Waals surface area contributed by atoms with E-state index in [2.05, 4.69) is 31.9 Å². The van der Waals surface area contributed by atoms with Gasteiger partial charge >= 0.3 is 17.4 Å². The number of nitro benzene ring substituents is 1. The Morgan fingerprint density at radius 3 is 1.90 bits per heavy atom. The Morgan fingerprint density at radius 2 is 1.45 bits per heavy atom. The summed E-state index contributed by atoms with van der Waals surface area (Å²) in [6.45, 7) is 0. The molecule has 0 aliphatic heterocycles. The third-order valence-electron chi connectivity index (χ3n) is 3.76. The topological polar surface area (TPSA) is 66.2 Å². The van der Waals surface area contributed by atoms with Crippen molar-refractivity contribution in [2.45, 2.75) is 22.1 Å². The molecular weight excluding hydrogens is 567 g/mol. The normalized spacial score (nSPS) is 18.7. The second-order valence-electron chi connectivity index (χ2n) is 5.63. The van der Waals surface area contributed by atoms with Crippen LogP contribution in [-0.4, -0.2) is 26.8 Å². The van der Waals surface area contributed by atoms with E-state index < -0.39 is 49.5 Å². The minimum atomic E-state index is -6.72. The first-order chi connectivity index (χ1) is 13.1. The van der Waals surface area contributed by atoms with E-state index in [9.17, 15) is 45.4 Å². The Hall–Kier alpha value is -1.12. The minimum absolute atomic E-state index is 0.135. The van der Waals surface area contributed by atoms with Gasteiger partial charge in [0, 0.05) is 32.6 Å². The first-order valence-electron chi connectivity index (χ1n) is 7.17. The highest BCUT2D eigenvalue weighted by molar-refractivity contribution is 9.12. The van der Waals surface area contributed by atoms with Crippen LogP contribution in [-0.2, 0) is 15.9 Å². The van der Waals surface area contributed by atoms with Crippen molar-refractivity contribution in [3.05, 3.63) is 67.5 Å². The molecule has 0 amide bonds. The molecule has 0 saturated heterocycles. The Kier molecular flexibility index (Phi) is 6.54. The van der Waals surface area contributed by atoms with Crippen LogP contribution >= 0.6 is 31.9 Å². The quantitative estimate of drug-likeness (QED) is 0.185. The highest BCUT2D eigenvalue weighted by Gasteiger charge is 2.82. The summed E-state index contributed by atoms with van der Waals surface area (Å²) in [7, 11) is 0. The summed E-state index contributed by atoms with van der Waals surface area (Å²) in [6, 6.07) is 3.88. The fourth-order valence-electron chi connectivity index (χ4n) is 2.49. The average molecular weight is 574 g/mol. The molecule has 29 heavy (non-hydrogen) atoms. The predicted molar refractivity (Wildman–Crippen MR) is 97.2 cm³/mol. The van der Waals surface area contributed by atoms with Crippen molar-refractivity contribution < 1.29 is 40.2 Å². The van der Waals surface area contributed by atoms with Gasteiger partial charge in [0.25, 0.3) is 5.69 Å². The van der Waals surface area contributed by atoms with Gasteiger partial charge in [0.05, 0.1) is 10.5 Å². The summed E-state index contributed by atoms with van der Waals surface area (Å²) in [5, 5.41) is 5.18. The maximum absolute atomic E-state index is 14.4. The van der Waals surface area contributed by atoms with Crippen LogP contribution in [0.15, 0.2) is 45.4 Å². The maximum Gasteiger partial charge on any atom is 0.482 e. The van der Waals surface area contributed by atoms with Crippen molar-refractivity contribution in [1.82, 2.24) is 0 Å². The molecule has 14 heteroatoms. The van der Waals surface area contributed by atoms with E-state index in [-0.39, 0.29) is 8.96 Å². The molecule has 0 fully saturated rings. The third kappa shape index (κ3) is 4.08. The molecule has 0 saturated carbocycles. The number of hydrogen-bond acceptors (Lipinski definition) is 3. The largest absolute Gasteiger partial charge is 0.610 e. The number of allylic oxidation sites excluding steroid dienone is 2. The summed E-state index contributed by atoms with van der Waals surface area (Å²) in [4.78, 5) is 10.3. The van der Waals surface area contributed by atoms with Crippen molar-refractivity contribution in [3.8, 4) is 0 Å². The van der Waals surface area contributed by atoms with Crippen LogP contribution in [0.2, 0.25) is 0 Å². The summed E-state index contributed by atoms with van der Waals surface area (Å²) in [5.74, 6) is -6.68. The zero-order valence-corrected chi connectivity index (χ0v) is 17.5. The molecule has 1 aromatic rings. The predicted octanol–water partition coefficient (Wildman–Crippen LogP) is 6.10. The Labute approximate surface area is 178 Å². The first-order valence-corrected chi connectivity index (χ1v) is 9.91. The zero-order chi connectivity index (χ0) is 22.4. The summed E-state index contributed by atoms with van der Waals surface area (Å²) >= 11 is 1.38. The third-order valence-corrected chi connectivity index (χ3v) is 6.47. The molecule has 1 aliphatic rings. The monoisotopic (exact) mass is 572 g/mol. The van der Waals surface area contributed by atoms with E-state index in [1.165, 1.54) is 6.42 Å². The number of para-hydroxylation sites is 1. The molecule has 0 aromatic heterocycles. The fourth-order valence-corrected chi connectivity index (χ4v) is 5.92. The molecule has 159 valence electrons. The number of rotatable bonds is 5. The van der Waals surface area contributed by atoms with Gasteiger partial charge in [0.1, 0.15) is 0 Å². The van der Waals surface area contributed by atoms with Crippen LogP contribution < -0.4 is 0 Å². The van der Waals surface area contributed by atoms with Crippen LogP contribution in [0, 0.1) is 16.5 Å². The van der Waals surface area contributed by atoms with Gasteiger partial charge in [-0.2, -0.15) is 22.0 Å². The standard InChI is InChI=1S/C15H7Br2F7NO3S/c16-8-5-9(17)7-12(6-8,10-3-1-2-4-11(10)25(26)27)29(28)15(23,24)13(18,19)14(20,21)22/h1-7H. The van der Waals surface area contributed by atoms with E-state index in [1.54, 1.807) is 0 Å². The van der Waals surface area contributed by atoms with Crippen molar-refractivity contribution >= 4 is 48.7 Å². The molecule has 0 bridgehead atoms. The molecule has 1 radical (unpaired) electrons. The van der Waals surface area contributed by atoms with Gasteiger partial charge in [0.15, 0.2) is 0 Å². The lowest BCUT2D eigenvalue weighted by Crippen LogP contribution is -2.60. The van der Waals surface area contributed by atoms with Crippen molar-refractivity contribution in [1.29, 1.82) is 0 Å². The lowest BCUT2D eigenvalue weighted by atomic mass is 9.92. The van der Waals surface area contributed by atoms with E-state index in [1.807, 2.05) is 0 Å². The van der Waals surface area contributed by atoms with Crippen LogP contribution in [0.3, 0.4) is 0 Å². The molecular formula is C15H7Br2F7NO3S. The van der Waals surface area contributed by atoms with E-state index in [4.69, 9.17) is 0 Å². The minimum Gasteiger partial charge on any atom is -0.610 e. The van der Waals surface area contributed by atoms with Gasteiger partial charge in [-0.3, -0.25) is 10.1 Å². The van der Waals surface area contributed by atoms with Gasteiger partial charge in [0.2, 0.25) is 4.75 Å². The number of nitro groups is 1. The van der Waals surface area contributed by atoms with Crippen molar-refractivity contribution in [2.24, 2.45) is 0 Å². The summed E-state index contributed by atoms with van der Waals surface area (Å²) in [5.41, 5.74) is -1.66. The number of alkyl halides is 7. The molecule has 1 unspecified atom stereocenters. The lowest BCUT2D eigenvalue weighted by Gasteiger charge is -2.38. The molecule has 1 aromatic carbocycles. The van der Waals surface area contributed by atoms with E-state index >= 15 is 0 Å². The molecule has 0 heterocycles. The molecule has 1 atom stereocenters. The molecule has 0 spiro atoms. The number of benzene rings is 1. The van der Waals surface area contributed by atoms with E-state index in [0.717, 1.165) is 24.3 Å². The Morgan fingerprint density at radius 1 is 0.966 bits per heavy atom. The van der Waals surface area contributed by atoms with Gasteiger partial charge in [-0.05, 0) is 18.2 Å². The van der Waals surface area contributed by atoms with Crippen molar-refractivity contribution in [3.63, 3.8) is 0 Å². The molecule has 1 aliphatic carbocycles. The fraction of sp³-hybridized carbons (Fsp3) is 0.267. The number of nitrogens with zero attached hydrogens (tertiary/aromatic N) is 1. The van der Waals surface area contributed by atoms with Crippen LogP contribution in [0.4, 0.5) is 36.4 Å². The SMILES string of the molecule is O=[N+]([O-])c1ccccc1C1([S+]([O-])C(F)(F)C(F)(F)C(F)(F)F)C=C(Br)[CH]C(Br)=C1. The Bertz CT molecular complexity index is 871. The maximum atomic E-state index is 14.4. The van der Waals surface area contributed by atoms with Crippen LogP contribution in [0.1, 0.15) is 5.56 Å². The average Bonchev–Trinajstić information content (AvgIpc) is 2.58. The first kappa shape index (κ1) is 24.2. The molecule has 2 rings (SSSR count). The summed E-state index contributed by atoms with van der Waals surface area (Å²) in [6.07, 6.45) is -4.23. The second kappa shape index (κ2) is 7.85. The van der Waals surface area contributed by atoms with E-state index in [0.29, 0.717) is 12.2 Å². The van der Waals surface area contributed by atoms with Crippen molar-refractivity contribution in [2.75, 3.05) is 0 Å². The van der Waals surface area contributed by atoms with Gasteiger partial charge in [-0.1, -0.05) is 44.0 Å². The van der Waals surface area contributed by atoms with Gasteiger partial charge in [-0.25, -0.2) is 0 Å². The smallest absolute Gasteiger partial charge is 0.482 e. The Balaban J connectivity index is 2.85. The van der Waals surface area contributed by atoms with Gasteiger partial charge < -0.3 is 4.55 Å². The molecule has 0 N–H and O–H groups in total. The highest BCUT2D eigenvalue weighted by Crippen LogP contribution is 2.56. The van der Waals surface area contributed by atoms with Gasteiger partial charge in [-0.15, -0.1) is 8.78 Å². The highest BCUT2D eigenvalue weighted by atomic mass is 79.9. The zero-order valence-electron chi connectivity index (χ0n) is 13.5. The number of hydrogen-bond donors (Lipinski definition) is 0. The van der Waals surface area contributed by atoms with Crippen LogP contribution in [0.5, 0.6) is 0 Å². The number of halogens is 9. The lowest BCUT2D eigenvalue weighted by molar-refractivity contribution is -0.385. The second-order valence-corrected chi connectivity index (χ2v) is 9.18. The van der Waals surface area contributed by atoms with Crippen LogP contribution in [0.25, 0.3) is 0 Å².